The summed E-state index contributed by atoms with van der Waals surface area (Å²) in [6, 6.07) is 14.5. The third-order valence-corrected chi connectivity index (χ3v) is 4.75. The number of para-hydroxylation sites is 2. The first-order valence-electron chi connectivity index (χ1n) is 9.43. The van der Waals surface area contributed by atoms with Crippen molar-refractivity contribution in [3.63, 3.8) is 0 Å². The van der Waals surface area contributed by atoms with Crippen LogP contribution in [0.15, 0.2) is 48.5 Å². The number of carbonyl (C=O) groups excluding carboxylic acids is 3. The van der Waals surface area contributed by atoms with E-state index in [0.717, 1.165) is 11.3 Å². The van der Waals surface area contributed by atoms with Gasteiger partial charge in [-0.05, 0) is 44.5 Å². The van der Waals surface area contributed by atoms with Gasteiger partial charge < -0.3 is 15.5 Å². The van der Waals surface area contributed by atoms with Crippen LogP contribution >= 0.6 is 0 Å². The SMILES string of the molecule is Cc1ccccc1N1CC(C(=O)Nc2ccccc2C(=O)NC(C)C)CC1=O. The fourth-order valence-corrected chi connectivity index (χ4v) is 3.35. The van der Waals surface area contributed by atoms with Gasteiger partial charge in [-0.25, -0.2) is 0 Å². The van der Waals surface area contributed by atoms with E-state index in [0.29, 0.717) is 17.8 Å². The highest BCUT2D eigenvalue weighted by atomic mass is 16.2. The van der Waals surface area contributed by atoms with Crippen molar-refractivity contribution in [2.45, 2.75) is 33.2 Å². The molecule has 28 heavy (non-hydrogen) atoms. The van der Waals surface area contributed by atoms with Crippen LogP contribution in [0.2, 0.25) is 0 Å². The molecule has 1 fully saturated rings. The second kappa shape index (κ2) is 8.25. The first-order valence-corrected chi connectivity index (χ1v) is 9.43. The molecule has 0 radical (unpaired) electrons. The smallest absolute Gasteiger partial charge is 0.253 e. The molecule has 1 heterocycles. The molecule has 1 unspecified atom stereocenters. The first-order chi connectivity index (χ1) is 13.4. The maximum absolute atomic E-state index is 12.8. The zero-order valence-corrected chi connectivity index (χ0v) is 16.4. The molecule has 0 saturated carbocycles. The predicted molar refractivity (Wildman–Crippen MR) is 109 cm³/mol. The third-order valence-electron chi connectivity index (χ3n) is 4.75. The number of benzene rings is 2. The molecule has 146 valence electrons. The lowest BCUT2D eigenvalue weighted by atomic mass is 10.1. The van der Waals surface area contributed by atoms with E-state index in [1.807, 2.05) is 45.0 Å². The van der Waals surface area contributed by atoms with E-state index in [9.17, 15) is 14.4 Å². The monoisotopic (exact) mass is 379 g/mol. The highest BCUT2D eigenvalue weighted by molar-refractivity contribution is 6.07. The lowest BCUT2D eigenvalue weighted by Gasteiger charge is -2.19. The summed E-state index contributed by atoms with van der Waals surface area (Å²) in [7, 11) is 0. The Hall–Kier alpha value is -3.15. The van der Waals surface area contributed by atoms with Gasteiger partial charge in [-0.3, -0.25) is 14.4 Å². The Morgan fingerprint density at radius 2 is 1.75 bits per heavy atom. The summed E-state index contributed by atoms with van der Waals surface area (Å²) in [5.41, 5.74) is 2.68. The zero-order chi connectivity index (χ0) is 20.3. The summed E-state index contributed by atoms with van der Waals surface area (Å²) in [5, 5.41) is 5.67. The van der Waals surface area contributed by atoms with Crippen LogP contribution in [0.3, 0.4) is 0 Å². The van der Waals surface area contributed by atoms with Crippen LogP contribution in [0.1, 0.15) is 36.2 Å². The van der Waals surface area contributed by atoms with Crippen molar-refractivity contribution >= 4 is 29.1 Å². The standard InChI is InChI=1S/C22H25N3O3/c1-14(2)23-22(28)17-9-5-6-10-18(17)24-21(27)16-12-20(26)25(13-16)19-11-7-4-8-15(19)3/h4-11,14,16H,12-13H2,1-3H3,(H,23,28)(H,24,27). The van der Waals surface area contributed by atoms with Gasteiger partial charge in [0.25, 0.3) is 5.91 Å². The van der Waals surface area contributed by atoms with Gasteiger partial charge in [0.15, 0.2) is 0 Å². The summed E-state index contributed by atoms with van der Waals surface area (Å²) in [4.78, 5) is 39.3. The number of hydrogen-bond donors (Lipinski definition) is 2. The fourth-order valence-electron chi connectivity index (χ4n) is 3.35. The van der Waals surface area contributed by atoms with E-state index in [2.05, 4.69) is 10.6 Å². The van der Waals surface area contributed by atoms with Crippen LogP contribution in [-0.2, 0) is 9.59 Å². The van der Waals surface area contributed by atoms with Crippen molar-refractivity contribution in [3.05, 3.63) is 59.7 Å². The van der Waals surface area contributed by atoms with E-state index in [1.165, 1.54) is 0 Å². The maximum Gasteiger partial charge on any atom is 0.253 e. The second-order valence-corrected chi connectivity index (χ2v) is 7.35. The summed E-state index contributed by atoms with van der Waals surface area (Å²) in [5.74, 6) is -1.03. The van der Waals surface area contributed by atoms with E-state index in [1.54, 1.807) is 29.2 Å². The molecule has 0 aromatic heterocycles. The minimum Gasteiger partial charge on any atom is -0.350 e. The Morgan fingerprint density at radius 1 is 1.07 bits per heavy atom. The summed E-state index contributed by atoms with van der Waals surface area (Å²) < 4.78 is 0. The van der Waals surface area contributed by atoms with E-state index >= 15 is 0 Å². The Balaban J connectivity index is 1.74. The number of aryl methyl sites for hydroxylation is 1. The van der Waals surface area contributed by atoms with Gasteiger partial charge in [-0.1, -0.05) is 30.3 Å². The van der Waals surface area contributed by atoms with Crippen LogP contribution in [-0.4, -0.2) is 30.3 Å². The average molecular weight is 379 g/mol. The van der Waals surface area contributed by atoms with E-state index < -0.39 is 5.92 Å². The number of hydrogen-bond acceptors (Lipinski definition) is 3. The molecule has 2 N–H and O–H groups in total. The molecule has 6 nitrogen and oxygen atoms in total. The van der Waals surface area contributed by atoms with Crippen LogP contribution in [0.4, 0.5) is 11.4 Å². The van der Waals surface area contributed by atoms with Crippen LogP contribution < -0.4 is 15.5 Å². The van der Waals surface area contributed by atoms with Crippen LogP contribution in [0.5, 0.6) is 0 Å². The lowest BCUT2D eigenvalue weighted by molar-refractivity contribution is -0.122. The van der Waals surface area contributed by atoms with Gasteiger partial charge in [0.2, 0.25) is 11.8 Å². The molecule has 0 bridgehead atoms. The number of carbonyl (C=O) groups is 3. The molecule has 6 heteroatoms. The molecular weight excluding hydrogens is 354 g/mol. The molecule has 0 spiro atoms. The van der Waals surface area contributed by atoms with E-state index in [4.69, 9.17) is 0 Å². The molecule has 1 aliphatic rings. The number of rotatable bonds is 5. The minimum absolute atomic E-state index is 0.00798. The Kier molecular flexibility index (Phi) is 5.78. The second-order valence-electron chi connectivity index (χ2n) is 7.35. The molecule has 3 rings (SSSR count). The van der Waals surface area contributed by atoms with Gasteiger partial charge in [0.1, 0.15) is 0 Å². The number of nitrogens with one attached hydrogen (secondary N) is 2. The summed E-state index contributed by atoms with van der Waals surface area (Å²) in [6.45, 7) is 6.03. The molecule has 1 saturated heterocycles. The normalized spacial score (nSPS) is 16.4. The highest BCUT2D eigenvalue weighted by Gasteiger charge is 2.35. The van der Waals surface area contributed by atoms with Crippen molar-refractivity contribution in [2.24, 2.45) is 5.92 Å². The predicted octanol–water partition coefficient (Wildman–Crippen LogP) is 3.12. The largest absolute Gasteiger partial charge is 0.350 e. The maximum atomic E-state index is 12.8. The average Bonchev–Trinajstić information content (AvgIpc) is 3.03. The van der Waals surface area contributed by atoms with E-state index in [-0.39, 0.29) is 30.2 Å². The van der Waals surface area contributed by atoms with Crippen molar-refractivity contribution < 1.29 is 14.4 Å². The Labute approximate surface area is 164 Å². The minimum atomic E-state index is -0.465. The quantitative estimate of drug-likeness (QED) is 0.838. The van der Waals surface area contributed by atoms with Crippen molar-refractivity contribution in [2.75, 3.05) is 16.8 Å². The van der Waals surface area contributed by atoms with Gasteiger partial charge in [0, 0.05) is 24.7 Å². The number of nitrogens with zero attached hydrogens (tertiary/aromatic N) is 1. The summed E-state index contributed by atoms with van der Waals surface area (Å²) >= 11 is 0. The molecule has 0 aliphatic carbocycles. The van der Waals surface area contributed by atoms with Gasteiger partial charge >= 0.3 is 0 Å². The Morgan fingerprint density at radius 3 is 2.46 bits per heavy atom. The van der Waals surface area contributed by atoms with Crippen molar-refractivity contribution in [3.8, 4) is 0 Å². The molecule has 2 aromatic rings. The molecule has 3 amide bonds. The lowest BCUT2D eigenvalue weighted by Crippen LogP contribution is -2.32. The summed E-state index contributed by atoms with van der Waals surface area (Å²) in [6.07, 6.45) is 0.153. The van der Waals surface area contributed by atoms with Gasteiger partial charge in [0.05, 0.1) is 17.2 Å². The zero-order valence-electron chi connectivity index (χ0n) is 16.4. The van der Waals surface area contributed by atoms with Crippen LogP contribution in [0, 0.1) is 12.8 Å². The molecule has 1 atom stereocenters. The van der Waals surface area contributed by atoms with Gasteiger partial charge in [-0.2, -0.15) is 0 Å². The third kappa shape index (κ3) is 4.22. The van der Waals surface area contributed by atoms with Crippen molar-refractivity contribution in [1.82, 2.24) is 5.32 Å². The first kappa shape index (κ1) is 19.6. The number of amides is 3. The van der Waals surface area contributed by atoms with Gasteiger partial charge in [-0.15, -0.1) is 0 Å². The van der Waals surface area contributed by atoms with Crippen molar-refractivity contribution in [1.29, 1.82) is 0 Å². The highest BCUT2D eigenvalue weighted by Crippen LogP contribution is 2.28. The number of anilines is 2. The molecular formula is C22H25N3O3. The molecule has 1 aliphatic heterocycles. The van der Waals surface area contributed by atoms with Crippen LogP contribution in [0.25, 0.3) is 0 Å². The fraction of sp³-hybridized carbons (Fsp3) is 0.318. The topological polar surface area (TPSA) is 78.5 Å². The Bertz CT molecular complexity index is 907. The molecule has 2 aromatic carbocycles.